The van der Waals surface area contributed by atoms with Crippen LogP contribution in [0, 0.1) is 0 Å². The summed E-state index contributed by atoms with van der Waals surface area (Å²) < 4.78 is 33.2. The van der Waals surface area contributed by atoms with E-state index in [0.29, 0.717) is 23.1 Å². The van der Waals surface area contributed by atoms with Crippen LogP contribution in [-0.4, -0.2) is 50.0 Å². The minimum Gasteiger partial charge on any atom is -0.489 e. The molecule has 10 heteroatoms. The van der Waals surface area contributed by atoms with Gasteiger partial charge in [0, 0.05) is 24.0 Å². The van der Waals surface area contributed by atoms with Crippen molar-refractivity contribution in [3.05, 3.63) is 131 Å². The number of carbonyl (C=O) groups is 2. The molecule has 1 N–H and O–H groups in total. The van der Waals surface area contributed by atoms with Crippen LogP contribution in [0.2, 0.25) is 5.02 Å². The van der Waals surface area contributed by atoms with Crippen molar-refractivity contribution in [1.29, 1.82) is 0 Å². The summed E-state index contributed by atoms with van der Waals surface area (Å²) in [6.45, 7) is -0.0338. The molecular weight excluding hydrogens is 634 g/mol. The molecule has 5 rings (SSSR count). The Balaban J connectivity index is 1.42. The van der Waals surface area contributed by atoms with Crippen LogP contribution in [0.25, 0.3) is 0 Å². The SMILES string of the molecule is CS(=O)(=O)N(CC(=O)N(Cc1ccc(Cl)cc1)C(Cc1ccccc1)C(=O)NC1CCCC1)c1ccc(OCc2ccccc2)cc1. The van der Waals surface area contributed by atoms with Gasteiger partial charge in [-0.2, -0.15) is 0 Å². The number of carbonyl (C=O) groups excluding carboxylic acids is 2. The van der Waals surface area contributed by atoms with E-state index >= 15 is 0 Å². The minimum atomic E-state index is -3.89. The van der Waals surface area contributed by atoms with Crippen LogP contribution >= 0.6 is 11.6 Å². The molecule has 8 nitrogen and oxygen atoms in total. The van der Waals surface area contributed by atoms with Gasteiger partial charge in [0.25, 0.3) is 0 Å². The first-order chi connectivity index (χ1) is 22.7. The number of amides is 2. The van der Waals surface area contributed by atoms with Crippen molar-refractivity contribution in [2.75, 3.05) is 17.1 Å². The first-order valence-electron chi connectivity index (χ1n) is 15.8. The second-order valence-corrected chi connectivity index (χ2v) is 14.2. The fourth-order valence-corrected chi connectivity index (χ4v) is 6.75. The maximum atomic E-state index is 14.3. The summed E-state index contributed by atoms with van der Waals surface area (Å²) in [4.78, 5) is 29.8. The number of halogens is 1. The third kappa shape index (κ3) is 9.83. The molecule has 1 aliphatic carbocycles. The van der Waals surface area contributed by atoms with Crippen molar-refractivity contribution in [1.82, 2.24) is 10.2 Å². The number of ether oxygens (including phenoxy) is 1. The highest BCUT2D eigenvalue weighted by atomic mass is 35.5. The summed E-state index contributed by atoms with van der Waals surface area (Å²) in [5.74, 6) is -0.195. The summed E-state index contributed by atoms with van der Waals surface area (Å²) in [5, 5.41) is 3.72. The van der Waals surface area contributed by atoms with Crippen molar-refractivity contribution >= 4 is 39.1 Å². The van der Waals surface area contributed by atoms with E-state index in [-0.39, 0.29) is 24.9 Å². The predicted octanol–water partition coefficient (Wildman–Crippen LogP) is 6.38. The van der Waals surface area contributed by atoms with E-state index in [2.05, 4.69) is 5.32 Å². The summed E-state index contributed by atoms with van der Waals surface area (Å²) in [6, 6.07) is 32.1. The average molecular weight is 674 g/mol. The summed E-state index contributed by atoms with van der Waals surface area (Å²) in [5.41, 5.74) is 2.97. The molecule has 0 heterocycles. The van der Waals surface area contributed by atoms with Gasteiger partial charge < -0.3 is 15.0 Å². The zero-order valence-electron chi connectivity index (χ0n) is 26.4. The van der Waals surface area contributed by atoms with Crippen LogP contribution in [-0.2, 0) is 39.2 Å². The number of nitrogens with one attached hydrogen (secondary N) is 1. The molecule has 0 saturated heterocycles. The average Bonchev–Trinajstić information content (AvgIpc) is 3.59. The first kappa shape index (κ1) is 34.0. The molecule has 1 fully saturated rings. The van der Waals surface area contributed by atoms with E-state index in [1.165, 1.54) is 4.90 Å². The maximum absolute atomic E-state index is 14.3. The highest BCUT2D eigenvalue weighted by molar-refractivity contribution is 7.92. The number of hydrogen-bond donors (Lipinski definition) is 1. The molecular formula is C37H40ClN3O5S. The standard InChI is InChI=1S/C37H40ClN3O5S/c1-47(44,45)41(33-20-22-34(23-21-33)46-27-30-12-6-3-7-13-30)26-36(42)40(25-29-16-18-31(38)19-17-29)35(24-28-10-4-2-5-11-28)37(43)39-32-14-8-9-15-32/h2-7,10-13,16-23,32,35H,8-9,14-15,24-27H2,1H3,(H,39,43). The fourth-order valence-electron chi connectivity index (χ4n) is 5.77. The van der Waals surface area contributed by atoms with Crippen molar-refractivity contribution < 1.29 is 22.7 Å². The van der Waals surface area contributed by atoms with Crippen molar-refractivity contribution in [3.8, 4) is 5.75 Å². The van der Waals surface area contributed by atoms with Gasteiger partial charge in [0.2, 0.25) is 21.8 Å². The Labute approximate surface area is 282 Å². The van der Waals surface area contributed by atoms with Gasteiger partial charge in [-0.3, -0.25) is 13.9 Å². The van der Waals surface area contributed by atoms with Gasteiger partial charge in [-0.25, -0.2) is 8.42 Å². The zero-order valence-corrected chi connectivity index (χ0v) is 28.0. The molecule has 246 valence electrons. The van der Waals surface area contributed by atoms with E-state index in [1.807, 2.05) is 60.7 Å². The van der Waals surface area contributed by atoms with Crippen LogP contribution in [0.5, 0.6) is 5.75 Å². The Morgan fingerprint density at radius 2 is 1.43 bits per heavy atom. The van der Waals surface area contributed by atoms with Crippen LogP contribution in [0.4, 0.5) is 5.69 Å². The molecule has 4 aromatic rings. The molecule has 0 aliphatic heterocycles. The van der Waals surface area contributed by atoms with E-state index in [4.69, 9.17) is 16.3 Å². The maximum Gasteiger partial charge on any atom is 0.244 e. The normalized spacial score (nSPS) is 13.9. The second-order valence-electron chi connectivity index (χ2n) is 11.9. The molecule has 1 atom stereocenters. The van der Waals surface area contributed by atoms with Gasteiger partial charge in [-0.1, -0.05) is 97.2 Å². The molecule has 2 amide bonds. The summed E-state index contributed by atoms with van der Waals surface area (Å²) in [7, 11) is -3.89. The van der Waals surface area contributed by atoms with Gasteiger partial charge in [-0.05, 0) is 65.9 Å². The quantitative estimate of drug-likeness (QED) is 0.168. The second kappa shape index (κ2) is 16.0. The summed E-state index contributed by atoms with van der Waals surface area (Å²) in [6.07, 6.45) is 5.20. The van der Waals surface area contributed by atoms with Crippen molar-refractivity contribution in [2.45, 2.75) is 57.3 Å². The Kier molecular flexibility index (Phi) is 11.6. The molecule has 0 radical (unpaired) electrons. The van der Waals surface area contributed by atoms with Gasteiger partial charge in [0.15, 0.2) is 0 Å². The zero-order chi connectivity index (χ0) is 33.2. The number of rotatable bonds is 14. The lowest BCUT2D eigenvalue weighted by Crippen LogP contribution is -2.54. The molecule has 1 saturated carbocycles. The van der Waals surface area contributed by atoms with E-state index < -0.39 is 28.5 Å². The third-order valence-electron chi connectivity index (χ3n) is 8.29. The monoisotopic (exact) mass is 673 g/mol. The number of anilines is 1. The summed E-state index contributed by atoms with van der Waals surface area (Å²) >= 11 is 6.15. The lowest BCUT2D eigenvalue weighted by molar-refractivity contribution is -0.140. The number of sulfonamides is 1. The highest BCUT2D eigenvalue weighted by Gasteiger charge is 2.34. The molecule has 0 bridgehead atoms. The number of benzene rings is 4. The fraction of sp³-hybridized carbons (Fsp3) is 0.297. The van der Waals surface area contributed by atoms with Gasteiger partial charge >= 0.3 is 0 Å². The predicted molar refractivity (Wildman–Crippen MR) is 186 cm³/mol. The lowest BCUT2D eigenvalue weighted by atomic mass is 10.0. The van der Waals surface area contributed by atoms with E-state index in [9.17, 15) is 18.0 Å². The minimum absolute atomic E-state index is 0.0448. The van der Waals surface area contributed by atoms with Crippen molar-refractivity contribution in [3.63, 3.8) is 0 Å². The molecule has 47 heavy (non-hydrogen) atoms. The van der Waals surface area contributed by atoms with Crippen molar-refractivity contribution in [2.24, 2.45) is 0 Å². The Morgan fingerprint density at radius 3 is 2.02 bits per heavy atom. The van der Waals surface area contributed by atoms with Gasteiger partial charge in [0.05, 0.1) is 11.9 Å². The van der Waals surface area contributed by atoms with Crippen LogP contribution in [0.15, 0.2) is 109 Å². The topological polar surface area (TPSA) is 96.0 Å². The Morgan fingerprint density at radius 1 is 0.830 bits per heavy atom. The first-order valence-corrected chi connectivity index (χ1v) is 18.0. The Hall–Kier alpha value is -4.34. The largest absolute Gasteiger partial charge is 0.489 e. The molecule has 0 spiro atoms. The molecule has 1 unspecified atom stereocenters. The molecule has 4 aromatic carbocycles. The lowest BCUT2D eigenvalue weighted by Gasteiger charge is -2.34. The van der Waals surface area contributed by atoms with Gasteiger partial charge in [0.1, 0.15) is 24.9 Å². The van der Waals surface area contributed by atoms with Gasteiger partial charge in [-0.15, -0.1) is 0 Å². The highest BCUT2D eigenvalue weighted by Crippen LogP contribution is 2.25. The van der Waals surface area contributed by atoms with Crippen LogP contribution < -0.4 is 14.4 Å². The van der Waals surface area contributed by atoms with E-state index in [0.717, 1.165) is 52.9 Å². The van der Waals surface area contributed by atoms with E-state index in [1.54, 1.807) is 48.5 Å². The molecule has 1 aliphatic rings. The number of hydrogen-bond acceptors (Lipinski definition) is 5. The van der Waals surface area contributed by atoms with Crippen LogP contribution in [0.1, 0.15) is 42.4 Å². The van der Waals surface area contributed by atoms with Crippen LogP contribution in [0.3, 0.4) is 0 Å². The Bertz CT molecular complexity index is 1710. The molecule has 0 aromatic heterocycles. The number of nitrogens with zero attached hydrogens (tertiary/aromatic N) is 2. The smallest absolute Gasteiger partial charge is 0.244 e. The third-order valence-corrected chi connectivity index (χ3v) is 9.68.